The summed E-state index contributed by atoms with van der Waals surface area (Å²) in [4.78, 5) is 17.9. The summed E-state index contributed by atoms with van der Waals surface area (Å²) < 4.78 is 5.19. The highest BCUT2D eigenvalue weighted by atomic mass is 35.5. The predicted molar refractivity (Wildman–Crippen MR) is 79.2 cm³/mol. The van der Waals surface area contributed by atoms with E-state index >= 15 is 0 Å². The Balaban J connectivity index is 1.72. The van der Waals surface area contributed by atoms with Crippen LogP contribution in [0.5, 0.6) is 0 Å². The third kappa shape index (κ3) is 4.00. The van der Waals surface area contributed by atoms with Crippen molar-refractivity contribution in [1.29, 1.82) is 0 Å². The minimum atomic E-state index is -0.461. The average Bonchev–Trinajstić information content (AvgIpc) is 2.26. The summed E-state index contributed by atoms with van der Waals surface area (Å²) in [5.74, 6) is 1.21. The van der Waals surface area contributed by atoms with E-state index < -0.39 is 5.60 Å². The third-order valence-corrected chi connectivity index (χ3v) is 3.22. The lowest BCUT2D eigenvalue weighted by Crippen LogP contribution is -2.52. The molecule has 5 nitrogen and oxygen atoms in total. The lowest BCUT2D eigenvalue weighted by atomic mass is 10.0. The number of anilines is 1. The van der Waals surface area contributed by atoms with Crippen LogP contribution in [0.15, 0.2) is 18.3 Å². The number of carbonyl (C=O) groups excluding carboxylic acids is 1. The van der Waals surface area contributed by atoms with Crippen LogP contribution in [0, 0.1) is 5.92 Å². The maximum absolute atomic E-state index is 11.5. The number of hydrogen-bond acceptors (Lipinski definition) is 4. The normalized spacial score (nSPS) is 15.7. The topological polar surface area (TPSA) is 54.5 Å². The van der Waals surface area contributed by atoms with Crippen LogP contribution >= 0.6 is 11.6 Å². The Bertz CT molecular complexity index is 482. The minimum Gasteiger partial charge on any atom is -0.444 e. The lowest BCUT2D eigenvalue weighted by molar-refractivity contribution is 0.0516. The number of carbonyl (C=O) groups is 1. The molecule has 1 aromatic rings. The van der Waals surface area contributed by atoms with Crippen LogP contribution in [0.2, 0.25) is 5.02 Å². The summed E-state index contributed by atoms with van der Waals surface area (Å²) >= 11 is 6.09. The van der Waals surface area contributed by atoms with Crippen LogP contribution in [-0.4, -0.2) is 36.3 Å². The quantitative estimate of drug-likeness (QED) is 0.932. The Morgan fingerprint density at radius 2 is 2.25 bits per heavy atom. The van der Waals surface area contributed by atoms with Crippen LogP contribution in [0.3, 0.4) is 0 Å². The molecule has 0 aliphatic carbocycles. The zero-order valence-electron chi connectivity index (χ0n) is 12.0. The van der Waals surface area contributed by atoms with Crippen molar-refractivity contribution >= 4 is 23.5 Å². The van der Waals surface area contributed by atoms with E-state index in [9.17, 15) is 4.79 Å². The van der Waals surface area contributed by atoms with Gasteiger partial charge in [-0.3, -0.25) is 0 Å². The van der Waals surface area contributed by atoms with Crippen LogP contribution in [0.1, 0.15) is 20.8 Å². The number of hydrogen-bond donors (Lipinski definition) is 1. The van der Waals surface area contributed by atoms with Crippen LogP contribution in [0.4, 0.5) is 10.6 Å². The van der Waals surface area contributed by atoms with E-state index in [1.165, 1.54) is 0 Å². The van der Waals surface area contributed by atoms with Gasteiger partial charge in [-0.25, -0.2) is 9.78 Å². The SMILES string of the molecule is CC(C)(C)OC(=O)NCC1CN(c2ncccc2Cl)C1. The molecule has 0 spiro atoms. The summed E-state index contributed by atoms with van der Waals surface area (Å²) in [6.45, 7) is 7.83. The Morgan fingerprint density at radius 1 is 1.55 bits per heavy atom. The highest BCUT2D eigenvalue weighted by Crippen LogP contribution is 2.28. The molecule has 110 valence electrons. The molecular weight excluding hydrogens is 278 g/mol. The highest BCUT2D eigenvalue weighted by molar-refractivity contribution is 6.32. The zero-order valence-corrected chi connectivity index (χ0v) is 12.8. The first kappa shape index (κ1) is 14.9. The number of rotatable bonds is 3. The molecule has 1 aliphatic heterocycles. The van der Waals surface area contributed by atoms with Crippen molar-refractivity contribution in [2.24, 2.45) is 5.92 Å². The lowest BCUT2D eigenvalue weighted by Gasteiger charge is -2.40. The fraction of sp³-hybridized carbons (Fsp3) is 0.571. The summed E-state index contributed by atoms with van der Waals surface area (Å²) in [6.07, 6.45) is 1.36. The number of alkyl carbamates (subject to hydrolysis) is 1. The Morgan fingerprint density at radius 3 is 2.85 bits per heavy atom. The number of halogens is 1. The van der Waals surface area contributed by atoms with Gasteiger partial charge in [-0.2, -0.15) is 0 Å². The fourth-order valence-electron chi connectivity index (χ4n) is 2.02. The standard InChI is InChI=1S/C14H20ClN3O2/c1-14(2,3)20-13(19)17-7-10-8-18(9-10)12-11(15)5-4-6-16-12/h4-6,10H,7-9H2,1-3H3,(H,17,19). The van der Waals surface area contributed by atoms with Gasteiger partial charge in [0.25, 0.3) is 0 Å². The number of ether oxygens (including phenoxy) is 1. The molecule has 0 bridgehead atoms. The van der Waals surface area contributed by atoms with E-state index in [1.807, 2.05) is 32.9 Å². The van der Waals surface area contributed by atoms with Gasteiger partial charge in [0.15, 0.2) is 0 Å². The first-order valence-electron chi connectivity index (χ1n) is 6.67. The molecule has 2 heterocycles. The van der Waals surface area contributed by atoms with Crippen molar-refractivity contribution in [2.75, 3.05) is 24.5 Å². The number of amides is 1. The molecule has 1 aromatic heterocycles. The zero-order chi connectivity index (χ0) is 14.8. The van der Waals surface area contributed by atoms with Gasteiger partial charge >= 0.3 is 6.09 Å². The van der Waals surface area contributed by atoms with Gasteiger partial charge in [-0.05, 0) is 32.9 Å². The molecule has 1 amide bonds. The van der Waals surface area contributed by atoms with E-state index in [1.54, 1.807) is 6.20 Å². The van der Waals surface area contributed by atoms with Gasteiger partial charge < -0.3 is 15.0 Å². The van der Waals surface area contributed by atoms with Crippen LogP contribution in [-0.2, 0) is 4.74 Å². The van der Waals surface area contributed by atoms with Gasteiger partial charge in [0.2, 0.25) is 0 Å². The summed E-state index contributed by atoms with van der Waals surface area (Å²) in [5.41, 5.74) is -0.461. The smallest absolute Gasteiger partial charge is 0.407 e. The van der Waals surface area contributed by atoms with E-state index in [0.29, 0.717) is 17.5 Å². The van der Waals surface area contributed by atoms with Gasteiger partial charge in [-0.15, -0.1) is 0 Å². The molecule has 1 saturated heterocycles. The van der Waals surface area contributed by atoms with Gasteiger partial charge in [0.05, 0.1) is 5.02 Å². The molecule has 20 heavy (non-hydrogen) atoms. The molecule has 1 N–H and O–H groups in total. The molecular formula is C14H20ClN3O2. The van der Waals surface area contributed by atoms with E-state index in [2.05, 4.69) is 15.2 Å². The average molecular weight is 298 g/mol. The van der Waals surface area contributed by atoms with E-state index in [0.717, 1.165) is 18.9 Å². The number of nitrogens with one attached hydrogen (secondary N) is 1. The maximum atomic E-state index is 11.5. The highest BCUT2D eigenvalue weighted by Gasteiger charge is 2.29. The first-order valence-corrected chi connectivity index (χ1v) is 7.05. The van der Waals surface area contributed by atoms with Crippen molar-refractivity contribution in [3.05, 3.63) is 23.4 Å². The van der Waals surface area contributed by atoms with Gasteiger partial charge in [-0.1, -0.05) is 11.6 Å². The van der Waals surface area contributed by atoms with Gasteiger partial charge in [0.1, 0.15) is 11.4 Å². The van der Waals surface area contributed by atoms with E-state index in [-0.39, 0.29) is 6.09 Å². The maximum Gasteiger partial charge on any atom is 0.407 e. The van der Waals surface area contributed by atoms with Crippen molar-refractivity contribution in [2.45, 2.75) is 26.4 Å². The number of nitrogens with zero attached hydrogens (tertiary/aromatic N) is 2. The fourth-order valence-corrected chi connectivity index (χ4v) is 2.26. The Hall–Kier alpha value is -1.49. The molecule has 0 unspecified atom stereocenters. The number of aromatic nitrogens is 1. The molecule has 0 atom stereocenters. The second-order valence-electron chi connectivity index (χ2n) is 5.96. The van der Waals surface area contributed by atoms with Crippen molar-refractivity contribution in [3.8, 4) is 0 Å². The monoisotopic (exact) mass is 297 g/mol. The second-order valence-corrected chi connectivity index (χ2v) is 6.37. The third-order valence-electron chi connectivity index (χ3n) is 2.93. The first-order chi connectivity index (χ1) is 9.35. The molecule has 0 aromatic carbocycles. The predicted octanol–water partition coefficient (Wildman–Crippen LogP) is 2.70. The van der Waals surface area contributed by atoms with Crippen LogP contribution in [0.25, 0.3) is 0 Å². The van der Waals surface area contributed by atoms with Crippen molar-refractivity contribution in [1.82, 2.24) is 10.3 Å². The van der Waals surface area contributed by atoms with Crippen molar-refractivity contribution < 1.29 is 9.53 Å². The van der Waals surface area contributed by atoms with E-state index in [4.69, 9.17) is 16.3 Å². The van der Waals surface area contributed by atoms with Crippen LogP contribution < -0.4 is 10.2 Å². The molecule has 1 aliphatic rings. The van der Waals surface area contributed by atoms with Crippen molar-refractivity contribution in [3.63, 3.8) is 0 Å². The summed E-state index contributed by atoms with van der Waals surface area (Å²) in [5, 5.41) is 3.44. The molecule has 6 heteroatoms. The molecule has 1 fully saturated rings. The second kappa shape index (κ2) is 5.87. The summed E-state index contributed by atoms with van der Waals surface area (Å²) in [6, 6.07) is 3.64. The largest absolute Gasteiger partial charge is 0.444 e. The molecule has 0 saturated carbocycles. The summed E-state index contributed by atoms with van der Waals surface area (Å²) in [7, 11) is 0. The number of pyridine rings is 1. The minimum absolute atomic E-state index is 0.369. The Kier molecular flexibility index (Phi) is 4.38. The molecule has 0 radical (unpaired) electrons. The van der Waals surface area contributed by atoms with Gasteiger partial charge in [0, 0.05) is 31.7 Å². The Labute approximate surface area is 124 Å². The molecule has 2 rings (SSSR count).